The summed E-state index contributed by atoms with van der Waals surface area (Å²) in [6.45, 7) is 2.78. The number of nitrogens with zero attached hydrogens (tertiary/aromatic N) is 1. The van der Waals surface area contributed by atoms with Crippen molar-refractivity contribution in [3.05, 3.63) is 65.2 Å². The number of aryl methyl sites for hydroxylation is 1. The number of alkyl halides is 3. The quantitative estimate of drug-likeness (QED) is 0.763. The molecule has 144 valence electrons. The van der Waals surface area contributed by atoms with E-state index in [1.54, 1.807) is 24.3 Å². The lowest BCUT2D eigenvalue weighted by Gasteiger charge is -2.17. The Kier molecular flexibility index (Phi) is 4.16. The Morgan fingerprint density at radius 2 is 1.67 bits per heavy atom. The molecule has 1 saturated carbocycles. The van der Waals surface area contributed by atoms with Gasteiger partial charge in [0.1, 0.15) is 0 Å². The Morgan fingerprint density at radius 1 is 1.04 bits per heavy atom. The summed E-state index contributed by atoms with van der Waals surface area (Å²) in [7, 11) is -3.53. The molecule has 0 radical (unpaired) electrons. The number of halogens is 3. The lowest BCUT2D eigenvalue weighted by Crippen LogP contribution is -2.29. The third-order valence-electron chi connectivity index (χ3n) is 5.84. The van der Waals surface area contributed by atoms with Crippen molar-refractivity contribution in [3.8, 4) is 0 Å². The van der Waals surface area contributed by atoms with Crippen LogP contribution in [-0.4, -0.2) is 25.8 Å². The Bertz CT molecular complexity index is 952. The van der Waals surface area contributed by atoms with Crippen LogP contribution in [0.5, 0.6) is 0 Å². The molecule has 27 heavy (non-hydrogen) atoms. The molecule has 1 aliphatic carbocycles. The summed E-state index contributed by atoms with van der Waals surface area (Å²) in [5.41, 5.74) is 1.06. The number of benzene rings is 2. The smallest absolute Gasteiger partial charge is 0.207 e. The second-order valence-electron chi connectivity index (χ2n) is 7.64. The second-order valence-corrected chi connectivity index (χ2v) is 9.58. The first kappa shape index (κ1) is 18.5. The average molecular weight is 395 g/mol. The highest BCUT2D eigenvalue weighted by Gasteiger charge is 2.59. The van der Waals surface area contributed by atoms with Crippen molar-refractivity contribution < 1.29 is 21.6 Å². The van der Waals surface area contributed by atoms with Gasteiger partial charge in [0.05, 0.1) is 10.5 Å². The van der Waals surface area contributed by atoms with Crippen LogP contribution in [0.25, 0.3) is 0 Å². The van der Waals surface area contributed by atoms with Gasteiger partial charge in [-0.05, 0) is 60.9 Å². The van der Waals surface area contributed by atoms with E-state index in [1.807, 2.05) is 6.92 Å². The van der Waals surface area contributed by atoms with Crippen molar-refractivity contribution in [1.29, 1.82) is 0 Å². The third kappa shape index (κ3) is 3.27. The van der Waals surface area contributed by atoms with Gasteiger partial charge in [0.25, 0.3) is 0 Å². The van der Waals surface area contributed by atoms with Crippen LogP contribution in [-0.2, 0) is 16.2 Å². The van der Waals surface area contributed by atoms with Gasteiger partial charge in [-0.3, -0.25) is 0 Å². The lowest BCUT2D eigenvalue weighted by molar-refractivity contribution is -0.137. The van der Waals surface area contributed by atoms with Crippen molar-refractivity contribution in [2.45, 2.75) is 36.8 Å². The lowest BCUT2D eigenvalue weighted by atomic mass is 9.97. The first-order chi connectivity index (χ1) is 12.6. The van der Waals surface area contributed by atoms with Gasteiger partial charge in [0.2, 0.25) is 10.0 Å². The van der Waals surface area contributed by atoms with E-state index in [2.05, 4.69) is 0 Å². The van der Waals surface area contributed by atoms with Crippen LogP contribution in [0, 0.1) is 12.3 Å². The fraction of sp³-hybridized carbons (Fsp3) is 0.400. The van der Waals surface area contributed by atoms with Gasteiger partial charge in [0, 0.05) is 13.1 Å². The zero-order valence-electron chi connectivity index (χ0n) is 14.8. The molecule has 4 rings (SSSR count). The first-order valence-electron chi connectivity index (χ1n) is 8.86. The Morgan fingerprint density at radius 3 is 2.26 bits per heavy atom. The number of hydrogen-bond acceptors (Lipinski definition) is 2. The van der Waals surface area contributed by atoms with E-state index in [9.17, 15) is 21.6 Å². The molecule has 0 amide bonds. The number of rotatable bonds is 3. The summed E-state index contributed by atoms with van der Waals surface area (Å²) in [6, 6.07) is 12.1. The van der Waals surface area contributed by atoms with E-state index in [1.165, 1.54) is 16.4 Å². The van der Waals surface area contributed by atoms with Crippen LogP contribution in [0.2, 0.25) is 0 Å². The van der Waals surface area contributed by atoms with Crippen molar-refractivity contribution >= 4 is 10.0 Å². The summed E-state index contributed by atoms with van der Waals surface area (Å²) >= 11 is 0. The molecule has 1 heterocycles. The highest BCUT2D eigenvalue weighted by atomic mass is 32.2. The Labute approximate surface area is 156 Å². The molecular weight excluding hydrogens is 375 g/mol. The van der Waals surface area contributed by atoms with Gasteiger partial charge in [-0.2, -0.15) is 17.5 Å². The summed E-state index contributed by atoms with van der Waals surface area (Å²) in [4.78, 5) is 0.289. The summed E-state index contributed by atoms with van der Waals surface area (Å²) in [5, 5.41) is 0. The topological polar surface area (TPSA) is 37.4 Å². The predicted molar refractivity (Wildman–Crippen MR) is 95.8 cm³/mol. The molecule has 7 heteroatoms. The van der Waals surface area contributed by atoms with Crippen LogP contribution in [0.15, 0.2) is 53.4 Å². The Hall–Kier alpha value is -1.86. The molecule has 2 aromatic carbocycles. The predicted octanol–water partition coefficient (Wildman–Crippen LogP) is 4.58. The van der Waals surface area contributed by atoms with Gasteiger partial charge >= 0.3 is 6.18 Å². The summed E-state index contributed by atoms with van der Waals surface area (Å²) in [5.74, 6) is 0.123. The maximum Gasteiger partial charge on any atom is 0.416 e. The fourth-order valence-electron chi connectivity index (χ4n) is 4.10. The van der Waals surface area contributed by atoms with Crippen LogP contribution in [0.1, 0.15) is 35.4 Å². The maximum absolute atomic E-state index is 12.9. The second kappa shape index (κ2) is 6.07. The van der Waals surface area contributed by atoms with E-state index in [-0.39, 0.29) is 16.2 Å². The van der Waals surface area contributed by atoms with Crippen molar-refractivity contribution in [2.24, 2.45) is 5.41 Å². The van der Waals surface area contributed by atoms with Crippen molar-refractivity contribution in [2.75, 3.05) is 13.1 Å². The standard InChI is InChI=1S/C20H20F3NO2S/c1-14-2-8-17(9-3-14)27(25,26)24-11-10-19(13-24)12-18(19)15-4-6-16(7-5-15)20(21,22)23/h2-9,18H,10-13H2,1H3/t18-,19+/m1/s1. The highest BCUT2D eigenvalue weighted by Crippen LogP contribution is 2.64. The molecular formula is C20H20F3NO2S. The molecule has 1 spiro atoms. The molecule has 2 aliphatic rings. The monoisotopic (exact) mass is 395 g/mol. The average Bonchev–Trinajstić information content (AvgIpc) is 3.13. The third-order valence-corrected chi connectivity index (χ3v) is 7.70. The minimum Gasteiger partial charge on any atom is -0.207 e. The van der Waals surface area contributed by atoms with E-state index >= 15 is 0 Å². The normalized spacial score (nSPS) is 25.9. The van der Waals surface area contributed by atoms with Crippen molar-refractivity contribution in [1.82, 2.24) is 4.31 Å². The Balaban J connectivity index is 1.49. The van der Waals surface area contributed by atoms with Gasteiger partial charge in [-0.15, -0.1) is 0 Å². The first-order valence-corrected chi connectivity index (χ1v) is 10.3. The number of hydrogen-bond donors (Lipinski definition) is 0. The zero-order valence-corrected chi connectivity index (χ0v) is 15.6. The molecule has 3 nitrogen and oxygen atoms in total. The molecule has 0 aromatic heterocycles. The number of sulfonamides is 1. The maximum atomic E-state index is 12.9. The largest absolute Gasteiger partial charge is 0.416 e. The summed E-state index contributed by atoms with van der Waals surface area (Å²) in [6.07, 6.45) is -2.78. The molecule has 0 bridgehead atoms. The van der Waals surface area contributed by atoms with Crippen LogP contribution < -0.4 is 0 Å². The molecule has 2 aromatic rings. The molecule has 1 aliphatic heterocycles. The molecule has 2 fully saturated rings. The minimum atomic E-state index is -4.34. The minimum absolute atomic E-state index is 0.123. The van der Waals surface area contributed by atoms with Gasteiger partial charge in [-0.25, -0.2) is 8.42 Å². The van der Waals surface area contributed by atoms with E-state index in [0.29, 0.717) is 13.1 Å². The molecule has 1 saturated heterocycles. The molecule has 2 atom stereocenters. The SMILES string of the molecule is Cc1ccc(S(=O)(=O)N2CC[C@]3(C[C@@H]3c3ccc(C(F)(F)F)cc3)C2)cc1. The van der Waals surface area contributed by atoms with E-state index < -0.39 is 21.8 Å². The van der Waals surface area contributed by atoms with E-state index in [4.69, 9.17) is 0 Å². The van der Waals surface area contributed by atoms with Crippen LogP contribution in [0.3, 0.4) is 0 Å². The summed E-state index contributed by atoms with van der Waals surface area (Å²) < 4.78 is 65.4. The highest BCUT2D eigenvalue weighted by molar-refractivity contribution is 7.89. The van der Waals surface area contributed by atoms with Gasteiger partial charge in [0.15, 0.2) is 0 Å². The van der Waals surface area contributed by atoms with E-state index in [0.717, 1.165) is 36.1 Å². The molecule has 0 N–H and O–H groups in total. The van der Waals surface area contributed by atoms with Crippen molar-refractivity contribution in [3.63, 3.8) is 0 Å². The van der Waals surface area contributed by atoms with Crippen LogP contribution >= 0.6 is 0 Å². The zero-order chi connectivity index (χ0) is 19.4. The van der Waals surface area contributed by atoms with Crippen LogP contribution in [0.4, 0.5) is 13.2 Å². The fourth-order valence-corrected chi connectivity index (χ4v) is 5.63. The van der Waals surface area contributed by atoms with Gasteiger partial charge < -0.3 is 0 Å². The van der Waals surface area contributed by atoms with Gasteiger partial charge in [-0.1, -0.05) is 29.8 Å². The molecule has 0 unspecified atom stereocenters.